The Morgan fingerprint density at radius 1 is 1.00 bits per heavy atom. The molecule has 2 aliphatic rings. The smallest absolute Gasteiger partial charge is 0.246 e. The lowest BCUT2D eigenvalue weighted by molar-refractivity contribution is -0.125. The van der Waals surface area contributed by atoms with Crippen molar-refractivity contribution >= 4 is 11.9 Å². The van der Waals surface area contributed by atoms with Crippen LogP contribution < -0.4 is 16.4 Å². The summed E-state index contributed by atoms with van der Waals surface area (Å²) in [6.45, 7) is 0. The van der Waals surface area contributed by atoms with E-state index >= 15 is 0 Å². The number of carbonyl (C=O) groups excluding carboxylic acids is 1. The van der Waals surface area contributed by atoms with Crippen molar-refractivity contribution in [2.75, 3.05) is 0 Å². The zero-order chi connectivity index (χ0) is 18.9. The summed E-state index contributed by atoms with van der Waals surface area (Å²) in [5, 5.41) is 15.9. The molecule has 6 nitrogen and oxygen atoms in total. The Kier molecular flexibility index (Phi) is 4.38. The van der Waals surface area contributed by atoms with Crippen LogP contribution in [0.25, 0.3) is 0 Å². The normalized spacial score (nSPS) is 30.3. The summed E-state index contributed by atoms with van der Waals surface area (Å²) in [5.41, 5.74) is 7.26. The van der Waals surface area contributed by atoms with E-state index in [1.165, 1.54) is 0 Å². The summed E-state index contributed by atoms with van der Waals surface area (Å²) in [6.07, 6.45) is 1.07. The summed E-state index contributed by atoms with van der Waals surface area (Å²) in [7, 11) is 0. The molecule has 3 atom stereocenters. The molecule has 2 aromatic carbocycles. The van der Waals surface area contributed by atoms with Crippen LogP contribution in [-0.2, 0) is 4.79 Å². The van der Waals surface area contributed by atoms with E-state index in [1.54, 1.807) is 0 Å². The summed E-state index contributed by atoms with van der Waals surface area (Å²) in [4.78, 5) is 17.1. The van der Waals surface area contributed by atoms with Gasteiger partial charge in [-0.25, -0.2) is 4.99 Å². The minimum atomic E-state index is -0.871. The van der Waals surface area contributed by atoms with Gasteiger partial charge >= 0.3 is 0 Å². The summed E-state index contributed by atoms with van der Waals surface area (Å²) in [6, 6.07) is 22.2. The predicted octanol–water partition coefficient (Wildman–Crippen LogP) is 2.18. The standard InChI is InChI=1S/C21H21N5O/c22-13-16-19(27)25-20(23)26-21(16)11-17(14-7-3-1-4-8-14)24-18(12-21)15-9-5-2-6-10-15/h1-10,16-18,24H,11-12H2,(H3,23,25,26,27). The number of nitrogens with zero attached hydrogens (tertiary/aromatic N) is 2. The quantitative estimate of drug-likeness (QED) is 0.764. The molecule has 2 aromatic rings. The van der Waals surface area contributed by atoms with Crippen LogP contribution in [-0.4, -0.2) is 17.4 Å². The fourth-order valence-corrected chi connectivity index (χ4v) is 4.23. The molecule has 4 N–H and O–H groups in total. The predicted molar refractivity (Wildman–Crippen MR) is 102 cm³/mol. The maximum atomic E-state index is 12.5. The van der Waals surface area contributed by atoms with Crippen LogP contribution in [0.3, 0.4) is 0 Å². The topological polar surface area (TPSA) is 103 Å². The molecule has 1 saturated heterocycles. The first-order chi connectivity index (χ1) is 13.1. The molecule has 1 spiro atoms. The highest BCUT2D eigenvalue weighted by Crippen LogP contribution is 2.46. The monoisotopic (exact) mass is 359 g/mol. The third-order valence-corrected chi connectivity index (χ3v) is 5.44. The number of rotatable bonds is 2. The lowest BCUT2D eigenvalue weighted by Crippen LogP contribution is -2.59. The van der Waals surface area contributed by atoms with Gasteiger partial charge < -0.3 is 11.1 Å². The van der Waals surface area contributed by atoms with Crippen molar-refractivity contribution in [3.05, 3.63) is 71.8 Å². The van der Waals surface area contributed by atoms with Gasteiger partial charge in [0.2, 0.25) is 5.91 Å². The number of hydrogen-bond donors (Lipinski definition) is 3. The molecular formula is C21H21N5O. The second-order valence-electron chi connectivity index (χ2n) is 7.15. The minimum Gasteiger partial charge on any atom is -0.370 e. The van der Waals surface area contributed by atoms with Gasteiger partial charge in [0.25, 0.3) is 0 Å². The fraction of sp³-hybridized carbons (Fsp3) is 0.286. The van der Waals surface area contributed by atoms with Crippen molar-refractivity contribution in [3.8, 4) is 6.07 Å². The second kappa shape index (κ2) is 6.86. The Morgan fingerprint density at radius 3 is 2.00 bits per heavy atom. The number of piperidine rings is 1. The Hall–Kier alpha value is -3.17. The molecule has 2 aliphatic heterocycles. The molecule has 0 aliphatic carbocycles. The van der Waals surface area contributed by atoms with Gasteiger partial charge in [0.15, 0.2) is 11.9 Å². The summed E-state index contributed by atoms with van der Waals surface area (Å²) < 4.78 is 0. The SMILES string of the molecule is N#CC1C(=O)NC(N)=NC12CC(c1ccccc1)NC(c1ccccc1)C2. The van der Waals surface area contributed by atoms with E-state index < -0.39 is 11.5 Å². The zero-order valence-electron chi connectivity index (χ0n) is 14.8. The van der Waals surface area contributed by atoms with Crippen molar-refractivity contribution in [3.63, 3.8) is 0 Å². The summed E-state index contributed by atoms with van der Waals surface area (Å²) in [5.74, 6) is -1.15. The largest absolute Gasteiger partial charge is 0.370 e. The number of hydrogen-bond acceptors (Lipinski definition) is 5. The first kappa shape index (κ1) is 17.3. The molecule has 27 heavy (non-hydrogen) atoms. The fourth-order valence-electron chi connectivity index (χ4n) is 4.23. The van der Waals surface area contributed by atoms with Gasteiger partial charge in [-0.2, -0.15) is 5.26 Å². The van der Waals surface area contributed by atoms with E-state index in [1.807, 2.05) is 36.4 Å². The number of aliphatic imine (C=N–C) groups is 1. The molecule has 1 amide bonds. The molecule has 4 rings (SSSR count). The Bertz CT molecular complexity index is 856. The van der Waals surface area contributed by atoms with Crippen LogP contribution in [0.4, 0.5) is 0 Å². The molecule has 3 unspecified atom stereocenters. The molecule has 1 fully saturated rings. The maximum Gasteiger partial charge on any atom is 0.246 e. The third-order valence-electron chi connectivity index (χ3n) is 5.44. The molecule has 2 heterocycles. The van der Waals surface area contributed by atoms with Crippen molar-refractivity contribution in [1.82, 2.24) is 10.6 Å². The Balaban J connectivity index is 1.80. The number of carbonyl (C=O) groups is 1. The molecule has 0 aromatic heterocycles. The second-order valence-corrected chi connectivity index (χ2v) is 7.15. The van der Waals surface area contributed by atoms with E-state index in [4.69, 9.17) is 5.73 Å². The number of amides is 1. The van der Waals surface area contributed by atoms with Gasteiger partial charge in [-0.3, -0.25) is 10.1 Å². The van der Waals surface area contributed by atoms with Crippen LogP contribution in [0.15, 0.2) is 65.7 Å². The van der Waals surface area contributed by atoms with E-state index in [2.05, 4.69) is 46.0 Å². The zero-order valence-corrected chi connectivity index (χ0v) is 14.8. The van der Waals surface area contributed by atoms with Crippen LogP contribution >= 0.6 is 0 Å². The lowest BCUT2D eigenvalue weighted by Gasteiger charge is -2.46. The van der Waals surface area contributed by atoms with Gasteiger partial charge in [0, 0.05) is 12.1 Å². The molecular weight excluding hydrogens is 338 g/mol. The van der Waals surface area contributed by atoms with Crippen molar-refractivity contribution in [2.24, 2.45) is 16.6 Å². The molecule has 0 radical (unpaired) electrons. The van der Waals surface area contributed by atoms with Gasteiger partial charge in [0.1, 0.15) is 0 Å². The van der Waals surface area contributed by atoms with Crippen LogP contribution in [0.1, 0.15) is 36.1 Å². The highest BCUT2D eigenvalue weighted by atomic mass is 16.2. The van der Waals surface area contributed by atoms with Crippen LogP contribution in [0, 0.1) is 17.2 Å². The average Bonchev–Trinajstić information content (AvgIpc) is 2.68. The molecule has 136 valence electrons. The van der Waals surface area contributed by atoms with E-state index in [9.17, 15) is 10.1 Å². The molecule has 6 heteroatoms. The number of nitrogens with two attached hydrogens (primary N) is 1. The number of guanidine groups is 1. The van der Waals surface area contributed by atoms with E-state index in [-0.39, 0.29) is 24.0 Å². The Labute approximate surface area is 158 Å². The van der Waals surface area contributed by atoms with Crippen LogP contribution in [0.2, 0.25) is 0 Å². The molecule has 0 bridgehead atoms. The lowest BCUT2D eigenvalue weighted by atomic mass is 9.69. The van der Waals surface area contributed by atoms with Crippen molar-refractivity contribution < 1.29 is 4.79 Å². The third kappa shape index (κ3) is 3.18. The van der Waals surface area contributed by atoms with Gasteiger partial charge in [0.05, 0.1) is 11.6 Å². The number of nitriles is 1. The minimum absolute atomic E-state index is 0.0385. The van der Waals surface area contributed by atoms with Crippen molar-refractivity contribution in [1.29, 1.82) is 5.26 Å². The number of nitrogens with one attached hydrogen (secondary N) is 2. The average molecular weight is 359 g/mol. The van der Waals surface area contributed by atoms with E-state index in [0.717, 1.165) is 11.1 Å². The number of benzene rings is 2. The summed E-state index contributed by atoms with van der Waals surface area (Å²) >= 11 is 0. The maximum absolute atomic E-state index is 12.5. The van der Waals surface area contributed by atoms with Crippen molar-refractivity contribution in [2.45, 2.75) is 30.5 Å². The Morgan fingerprint density at radius 2 is 1.52 bits per heavy atom. The highest BCUT2D eigenvalue weighted by molar-refractivity contribution is 6.01. The van der Waals surface area contributed by atoms with Gasteiger partial charge in [-0.15, -0.1) is 0 Å². The molecule has 0 saturated carbocycles. The van der Waals surface area contributed by atoms with Gasteiger partial charge in [-0.05, 0) is 24.0 Å². The van der Waals surface area contributed by atoms with E-state index in [0.29, 0.717) is 12.8 Å². The van der Waals surface area contributed by atoms with Crippen LogP contribution in [0.5, 0.6) is 0 Å². The van der Waals surface area contributed by atoms with Gasteiger partial charge in [-0.1, -0.05) is 60.7 Å². The first-order valence-electron chi connectivity index (χ1n) is 9.03. The first-order valence-corrected chi connectivity index (χ1v) is 9.03. The highest BCUT2D eigenvalue weighted by Gasteiger charge is 2.52.